The molecule has 9 heteroatoms. The highest BCUT2D eigenvalue weighted by molar-refractivity contribution is 5.37. The van der Waals surface area contributed by atoms with Gasteiger partial charge in [0, 0.05) is 5.56 Å². The van der Waals surface area contributed by atoms with E-state index < -0.39 is 40.0 Å². The predicted molar refractivity (Wildman–Crippen MR) is 46.0 cm³/mol. The van der Waals surface area contributed by atoms with E-state index in [1.54, 1.807) is 0 Å². The van der Waals surface area contributed by atoms with E-state index in [1.807, 2.05) is 0 Å². The van der Waals surface area contributed by atoms with E-state index in [0.717, 1.165) is 0 Å². The molecule has 17 heavy (non-hydrogen) atoms. The molecule has 1 atom stereocenters. The number of alkyl halides is 3. The molecular formula is C8H5F5N2O2. The molecule has 1 unspecified atom stereocenters. The molecule has 0 aromatic heterocycles. The van der Waals surface area contributed by atoms with Crippen molar-refractivity contribution < 1.29 is 26.9 Å². The summed E-state index contributed by atoms with van der Waals surface area (Å²) in [5.41, 5.74) is 2.24. The molecule has 0 spiro atoms. The Balaban J connectivity index is 3.30. The van der Waals surface area contributed by atoms with Gasteiger partial charge in [-0.25, -0.2) is 4.39 Å². The van der Waals surface area contributed by atoms with Gasteiger partial charge in [0.25, 0.3) is 0 Å². The number of nitro benzene ring substituents is 1. The van der Waals surface area contributed by atoms with Gasteiger partial charge in [0.1, 0.15) is 11.9 Å². The molecule has 0 heterocycles. The average molecular weight is 256 g/mol. The zero-order chi connectivity index (χ0) is 13.4. The molecule has 0 radical (unpaired) electrons. The second-order valence-corrected chi connectivity index (χ2v) is 3.10. The molecule has 0 fully saturated rings. The standard InChI is InChI=1S/C8H5F5N2O2/c9-4-2-6(15(16)17)5(10)1-3(4)7(14)8(11,12)13/h1-2,7H,14H2. The summed E-state index contributed by atoms with van der Waals surface area (Å²) in [5.74, 6) is -3.16. The minimum atomic E-state index is -4.97. The van der Waals surface area contributed by atoms with Crippen LogP contribution in [0.2, 0.25) is 0 Å². The summed E-state index contributed by atoms with van der Waals surface area (Å²) in [6.45, 7) is 0. The van der Waals surface area contributed by atoms with E-state index in [0.29, 0.717) is 0 Å². The maximum atomic E-state index is 13.1. The third kappa shape index (κ3) is 2.67. The van der Waals surface area contributed by atoms with Gasteiger partial charge in [-0.3, -0.25) is 10.1 Å². The third-order valence-electron chi connectivity index (χ3n) is 1.95. The van der Waals surface area contributed by atoms with Crippen LogP contribution < -0.4 is 5.73 Å². The molecule has 0 aliphatic rings. The summed E-state index contributed by atoms with van der Waals surface area (Å²) in [7, 11) is 0. The fraction of sp³-hybridized carbons (Fsp3) is 0.250. The quantitative estimate of drug-likeness (QED) is 0.502. The van der Waals surface area contributed by atoms with E-state index in [9.17, 15) is 32.1 Å². The van der Waals surface area contributed by atoms with Crippen LogP contribution in [0.15, 0.2) is 12.1 Å². The Labute approximate surface area is 91.0 Å². The molecule has 1 aromatic carbocycles. The van der Waals surface area contributed by atoms with Gasteiger partial charge in [-0.15, -0.1) is 0 Å². The van der Waals surface area contributed by atoms with Gasteiger partial charge in [-0.1, -0.05) is 0 Å². The molecule has 2 N–H and O–H groups in total. The lowest BCUT2D eigenvalue weighted by atomic mass is 10.1. The van der Waals surface area contributed by atoms with E-state index in [2.05, 4.69) is 5.73 Å². The third-order valence-corrected chi connectivity index (χ3v) is 1.95. The fourth-order valence-corrected chi connectivity index (χ4v) is 1.11. The Morgan fingerprint density at radius 2 is 1.76 bits per heavy atom. The largest absolute Gasteiger partial charge is 0.407 e. The smallest absolute Gasteiger partial charge is 0.316 e. The first kappa shape index (κ1) is 13.3. The van der Waals surface area contributed by atoms with E-state index in [1.165, 1.54) is 0 Å². The van der Waals surface area contributed by atoms with Gasteiger partial charge in [0.2, 0.25) is 5.82 Å². The topological polar surface area (TPSA) is 69.2 Å². The van der Waals surface area contributed by atoms with Crippen LogP contribution >= 0.6 is 0 Å². The van der Waals surface area contributed by atoms with Crippen molar-refractivity contribution in [3.63, 3.8) is 0 Å². The van der Waals surface area contributed by atoms with Crippen LogP contribution in [0.4, 0.5) is 27.6 Å². The first-order valence-corrected chi connectivity index (χ1v) is 4.10. The van der Waals surface area contributed by atoms with Crippen LogP contribution in [0.3, 0.4) is 0 Å². The average Bonchev–Trinajstić information content (AvgIpc) is 2.18. The Morgan fingerprint density at radius 3 is 2.18 bits per heavy atom. The highest BCUT2D eigenvalue weighted by Gasteiger charge is 2.40. The molecule has 94 valence electrons. The summed E-state index contributed by atoms with van der Waals surface area (Å²) in [6, 6.07) is -2.60. The number of halogens is 5. The zero-order valence-electron chi connectivity index (χ0n) is 7.96. The molecule has 0 amide bonds. The second kappa shape index (κ2) is 4.24. The van der Waals surface area contributed by atoms with Crippen molar-refractivity contribution in [1.29, 1.82) is 0 Å². The van der Waals surface area contributed by atoms with Crippen LogP contribution in [0, 0.1) is 21.7 Å². The molecule has 0 saturated heterocycles. The van der Waals surface area contributed by atoms with Crippen LogP contribution in [0.5, 0.6) is 0 Å². The van der Waals surface area contributed by atoms with Crippen molar-refractivity contribution in [2.24, 2.45) is 5.73 Å². The maximum absolute atomic E-state index is 13.1. The van der Waals surface area contributed by atoms with Crippen LogP contribution in [0.1, 0.15) is 11.6 Å². The fourth-order valence-electron chi connectivity index (χ4n) is 1.11. The molecule has 0 aliphatic carbocycles. The van der Waals surface area contributed by atoms with Gasteiger partial charge in [-0.05, 0) is 6.07 Å². The van der Waals surface area contributed by atoms with Gasteiger partial charge >= 0.3 is 11.9 Å². The Morgan fingerprint density at radius 1 is 1.24 bits per heavy atom. The summed E-state index contributed by atoms with van der Waals surface area (Å²) in [6.07, 6.45) is -4.97. The number of hydrogen-bond donors (Lipinski definition) is 1. The molecule has 1 rings (SSSR count). The number of benzene rings is 1. The van der Waals surface area contributed by atoms with Crippen LogP contribution in [-0.4, -0.2) is 11.1 Å². The van der Waals surface area contributed by atoms with Gasteiger partial charge < -0.3 is 5.73 Å². The number of nitrogens with two attached hydrogens (primary N) is 1. The lowest BCUT2D eigenvalue weighted by molar-refractivity contribution is -0.387. The summed E-state index contributed by atoms with van der Waals surface area (Å²) >= 11 is 0. The molecule has 0 saturated carbocycles. The Bertz CT molecular complexity index is 460. The molecule has 1 aromatic rings. The first-order chi connectivity index (χ1) is 7.64. The first-order valence-electron chi connectivity index (χ1n) is 4.10. The minimum Gasteiger partial charge on any atom is -0.316 e. The van der Waals surface area contributed by atoms with Gasteiger partial charge in [-0.2, -0.15) is 17.6 Å². The molecule has 0 aliphatic heterocycles. The second-order valence-electron chi connectivity index (χ2n) is 3.10. The van der Waals surface area contributed by atoms with E-state index >= 15 is 0 Å². The maximum Gasteiger partial charge on any atom is 0.407 e. The van der Waals surface area contributed by atoms with Gasteiger partial charge in [0.15, 0.2) is 0 Å². The van der Waals surface area contributed by atoms with Crippen molar-refractivity contribution >= 4 is 5.69 Å². The predicted octanol–water partition coefficient (Wildman–Crippen LogP) is 2.44. The molecule has 0 bridgehead atoms. The number of hydrogen-bond acceptors (Lipinski definition) is 3. The van der Waals surface area contributed by atoms with Crippen molar-refractivity contribution in [3.8, 4) is 0 Å². The monoisotopic (exact) mass is 256 g/mol. The number of nitrogens with zero attached hydrogens (tertiary/aromatic N) is 1. The lowest BCUT2D eigenvalue weighted by Gasteiger charge is -2.16. The van der Waals surface area contributed by atoms with Crippen molar-refractivity contribution in [2.75, 3.05) is 0 Å². The Kier molecular flexibility index (Phi) is 3.32. The van der Waals surface area contributed by atoms with Crippen molar-refractivity contribution in [3.05, 3.63) is 39.4 Å². The van der Waals surface area contributed by atoms with E-state index in [4.69, 9.17) is 0 Å². The summed E-state index contributed by atoms with van der Waals surface area (Å²) in [5, 5.41) is 10.2. The van der Waals surface area contributed by atoms with Crippen LogP contribution in [-0.2, 0) is 0 Å². The zero-order valence-corrected chi connectivity index (χ0v) is 7.96. The highest BCUT2D eigenvalue weighted by Crippen LogP contribution is 2.33. The Hall–Kier alpha value is -1.77. The minimum absolute atomic E-state index is 0.0657. The summed E-state index contributed by atoms with van der Waals surface area (Å²) in [4.78, 5) is 8.95. The SMILES string of the molecule is NC(c1cc(F)c([N+](=O)[O-])cc1F)C(F)(F)F. The van der Waals surface area contributed by atoms with Crippen molar-refractivity contribution in [1.82, 2.24) is 0 Å². The summed E-state index contributed by atoms with van der Waals surface area (Å²) < 4.78 is 62.6. The lowest BCUT2D eigenvalue weighted by Crippen LogP contribution is -2.29. The highest BCUT2D eigenvalue weighted by atomic mass is 19.4. The number of nitro groups is 1. The normalized spacial score (nSPS) is 13.5. The molecule has 4 nitrogen and oxygen atoms in total. The van der Waals surface area contributed by atoms with Crippen molar-refractivity contribution in [2.45, 2.75) is 12.2 Å². The molecular weight excluding hydrogens is 251 g/mol. The van der Waals surface area contributed by atoms with Crippen LogP contribution in [0.25, 0.3) is 0 Å². The van der Waals surface area contributed by atoms with Gasteiger partial charge in [0.05, 0.1) is 11.0 Å². The number of rotatable bonds is 2. The van der Waals surface area contributed by atoms with E-state index in [-0.39, 0.29) is 12.1 Å².